The second-order valence-corrected chi connectivity index (χ2v) is 9.92. The average molecular weight is 577 g/mol. The Kier molecular flexibility index (Phi) is 7.57. The van der Waals surface area contributed by atoms with Crippen molar-refractivity contribution in [2.24, 2.45) is 0 Å². The molecule has 5 nitrogen and oxygen atoms in total. The lowest BCUT2D eigenvalue weighted by Crippen LogP contribution is -2.34. The number of aromatic nitrogens is 1. The van der Waals surface area contributed by atoms with E-state index in [4.69, 9.17) is 39.8 Å². The molecule has 4 aromatic rings. The van der Waals surface area contributed by atoms with E-state index in [0.29, 0.717) is 38.7 Å². The molecule has 4 rings (SSSR count). The van der Waals surface area contributed by atoms with Gasteiger partial charge in [-0.05, 0) is 78.7 Å². The molecule has 1 amide bonds. The molecule has 0 aliphatic heterocycles. The monoisotopic (exact) mass is 575 g/mol. The highest BCUT2D eigenvalue weighted by atomic mass is 79.9. The van der Waals surface area contributed by atoms with Crippen molar-refractivity contribution in [3.8, 4) is 11.5 Å². The Morgan fingerprint density at radius 3 is 2.65 bits per heavy atom. The number of amides is 1. The Labute approximate surface area is 221 Å². The summed E-state index contributed by atoms with van der Waals surface area (Å²) in [5.41, 5.74) is 4.25. The van der Waals surface area contributed by atoms with Crippen molar-refractivity contribution in [3.63, 3.8) is 0 Å². The van der Waals surface area contributed by atoms with Crippen molar-refractivity contribution in [1.29, 1.82) is 0 Å². The van der Waals surface area contributed by atoms with Gasteiger partial charge in [0.1, 0.15) is 5.52 Å². The van der Waals surface area contributed by atoms with E-state index in [-0.39, 0.29) is 5.11 Å². The second-order valence-electron chi connectivity index (χ2n) is 7.78. The number of carbonyl (C=O) groups excluding carboxylic acids is 1. The SMILES string of the molecule is CC[C@H](C)c1ccc2oc(-c3ccc(Cl)c(NC(=S)NC(=O)c4cc(Br)ccc4Cl)c3)nc2c1. The molecule has 0 spiro atoms. The maximum absolute atomic E-state index is 12.6. The van der Waals surface area contributed by atoms with Crippen LogP contribution in [0.1, 0.15) is 42.1 Å². The zero-order chi connectivity index (χ0) is 24.4. The van der Waals surface area contributed by atoms with Gasteiger partial charge >= 0.3 is 0 Å². The summed E-state index contributed by atoms with van der Waals surface area (Å²) < 4.78 is 6.69. The van der Waals surface area contributed by atoms with Crippen LogP contribution >= 0.6 is 51.3 Å². The van der Waals surface area contributed by atoms with Gasteiger partial charge in [0, 0.05) is 10.0 Å². The molecule has 0 aliphatic rings. The van der Waals surface area contributed by atoms with Crippen LogP contribution in [0.25, 0.3) is 22.6 Å². The topological polar surface area (TPSA) is 67.2 Å². The zero-order valence-corrected chi connectivity index (χ0v) is 22.2. The van der Waals surface area contributed by atoms with Gasteiger partial charge in [-0.25, -0.2) is 4.98 Å². The van der Waals surface area contributed by atoms with Crippen molar-refractivity contribution in [3.05, 3.63) is 80.2 Å². The van der Waals surface area contributed by atoms with Crippen LogP contribution in [0.3, 0.4) is 0 Å². The molecule has 174 valence electrons. The molecule has 0 bridgehead atoms. The van der Waals surface area contributed by atoms with Gasteiger partial charge in [-0.15, -0.1) is 0 Å². The summed E-state index contributed by atoms with van der Waals surface area (Å²) in [7, 11) is 0. The minimum Gasteiger partial charge on any atom is -0.436 e. The van der Waals surface area contributed by atoms with Gasteiger partial charge in [0.2, 0.25) is 5.89 Å². The molecule has 2 N–H and O–H groups in total. The van der Waals surface area contributed by atoms with Gasteiger partial charge in [-0.1, -0.05) is 59.0 Å². The number of rotatable bonds is 5. The minimum atomic E-state index is -0.438. The number of oxazole rings is 1. The number of hydrogen-bond donors (Lipinski definition) is 2. The highest BCUT2D eigenvalue weighted by Crippen LogP contribution is 2.32. The van der Waals surface area contributed by atoms with Crippen LogP contribution in [0.15, 0.2) is 63.5 Å². The van der Waals surface area contributed by atoms with Crippen LogP contribution in [0.5, 0.6) is 0 Å². The number of thiocarbonyl (C=S) groups is 1. The van der Waals surface area contributed by atoms with Crippen molar-refractivity contribution in [2.75, 3.05) is 5.32 Å². The van der Waals surface area contributed by atoms with Gasteiger partial charge in [0.15, 0.2) is 10.7 Å². The first kappa shape index (κ1) is 24.7. The Morgan fingerprint density at radius 1 is 1.12 bits per heavy atom. The third kappa shape index (κ3) is 5.44. The molecule has 1 aromatic heterocycles. The molecule has 0 saturated heterocycles. The number of benzene rings is 3. The molecule has 0 fully saturated rings. The summed E-state index contributed by atoms with van der Waals surface area (Å²) in [6.07, 6.45) is 1.05. The summed E-state index contributed by atoms with van der Waals surface area (Å²) >= 11 is 21.1. The summed E-state index contributed by atoms with van der Waals surface area (Å²) in [6, 6.07) is 16.4. The summed E-state index contributed by atoms with van der Waals surface area (Å²) in [5.74, 6) is 0.470. The van der Waals surface area contributed by atoms with Crippen LogP contribution in [0.4, 0.5) is 5.69 Å². The van der Waals surface area contributed by atoms with Crippen LogP contribution in [0, 0.1) is 0 Å². The Bertz CT molecular complexity index is 1410. The smallest absolute Gasteiger partial charge is 0.258 e. The summed E-state index contributed by atoms with van der Waals surface area (Å²) in [6.45, 7) is 4.34. The first-order chi connectivity index (χ1) is 16.2. The molecule has 9 heteroatoms. The standard InChI is InChI=1S/C25H20BrCl2N3O2S/c1-3-13(2)14-5-9-22-21(10-14)29-24(33-22)15-4-7-19(28)20(11-15)30-25(34)31-23(32)17-12-16(26)6-8-18(17)27/h4-13H,3H2,1-2H3,(H2,30,31,32,34)/t13-/m0/s1. The largest absolute Gasteiger partial charge is 0.436 e. The summed E-state index contributed by atoms with van der Waals surface area (Å²) in [5, 5.41) is 6.41. The number of nitrogens with zero attached hydrogens (tertiary/aromatic N) is 1. The zero-order valence-electron chi connectivity index (χ0n) is 18.3. The molecular formula is C25H20BrCl2N3O2S. The van der Waals surface area contributed by atoms with Crippen LogP contribution < -0.4 is 10.6 Å². The van der Waals surface area contributed by atoms with E-state index >= 15 is 0 Å². The van der Waals surface area contributed by atoms with Crippen molar-refractivity contribution in [2.45, 2.75) is 26.2 Å². The lowest BCUT2D eigenvalue weighted by molar-refractivity contribution is 0.0978. The quantitative estimate of drug-likeness (QED) is 0.234. The highest BCUT2D eigenvalue weighted by molar-refractivity contribution is 9.10. The lowest BCUT2D eigenvalue weighted by Gasteiger charge is -2.12. The third-order valence-corrected chi connectivity index (χ3v) is 6.81. The van der Waals surface area contributed by atoms with Gasteiger partial charge in [0.25, 0.3) is 5.91 Å². The molecule has 0 radical (unpaired) electrons. The number of anilines is 1. The normalized spacial score (nSPS) is 11.9. The van der Waals surface area contributed by atoms with Gasteiger partial charge in [-0.2, -0.15) is 0 Å². The average Bonchev–Trinajstić information content (AvgIpc) is 3.24. The molecule has 1 atom stereocenters. The first-order valence-corrected chi connectivity index (χ1v) is 12.5. The number of carbonyl (C=O) groups is 1. The first-order valence-electron chi connectivity index (χ1n) is 10.5. The van der Waals surface area contributed by atoms with Gasteiger partial charge in [0.05, 0.1) is 21.3 Å². The molecule has 3 aromatic carbocycles. The van der Waals surface area contributed by atoms with Crippen LogP contribution in [-0.4, -0.2) is 16.0 Å². The highest BCUT2D eigenvalue weighted by Gasteiger charge is 2.15. The van der Waals surface area contributed by atoms with E-state index in [1.54, 1.807) is 30.3 Å². The predicted molar refractivity (Wildman–Crippen MR) is 146 cm³/mol. The fourth-order valence-corrected chi connectivity index (χ4v) is 4.29. The van der Waals surface area contributed by atoms with Crippen LogP contribution in [-0.2, 0) is 0 Å². The van der Waals surface area contributed by atoms with E-state index in [1.807, 2.05) is 12.1 Å². The Morgan fingerprint density at radius 2 is 1.88 bits per heavy atom. The van der Waals surface area contributed by atoms with Crippen molar-refractivity contribution >= 4 is 79.2 Å². The predicted octanol–water partition coefficient (Wildman–Crippen LogP) is 8.20. The minimum absolute atomic E-state index is 0.0795. The van der Waals surface area contributed by atoms with E-state index in [2.05, 4.69) is 57.5 Å². The number of hydrogen-bond acceptors (Lipinski definition) is 4. The maximum atomic E-state index is 12.6. The number of nitrogens with one attached hydrogen (secondary N) is 2. The Hall–Kier alpha value is -2.45. The number of halogens is 3. The number of fused-ring (bicyclic) bond motifs is 1. The molecule has 0 aliphatic carbocycles. The van der Waals surface area contributed by atoms with E-state index in [9.17, 15) is 4.79 Å². The molecule has 0 unspecified atom stereocenters. The third-order valence-electron chi connectivity index (χ3n) is 5.45. The van der Waals surface area contributed by atoms with Crippen LogP contribution in [0.2, 0.25) is 10.0 Å². The molecular weight excluding hydrogens is 557 g/mol. The van der Waals surface area contributed by atoms with E-state index in [1.165, 1.54) is 5.56 Å². The molecule has 34 heavy (non-hydrogen) atoms. The molecule has 0 saturated carbocycles. The maximum Gasteiger partial charge on any atom is 0.258 e. The van der Waals surface area contributed by atoms with E-state index in [0.717, 1.165) is 22.0 Å². The second kappa shape index (κ2) is 10.4. The lowest BCUT2D eigenvalue weighted by atomic mass is 9.98. The fraction of sp³-hybridized carbons (Fsp3) is 0.160. The van der Waals surface area contributed by atoms with Gasteiger partial charge < -0.3 is 9.73 Å². The Balaban J connectivity index is 1.54. The van der Waals surface area contributed by atoms with Crippen molar-refractivity contribution < 1.29 is 9.21 Å². The summed E-state index contributed by atoms with van der Waals surface area (Å²) in [4.78, 5) is 17.2. The fourth-order valence-electron chi connectivity index (χ4n) is 3.36. The molecule has 1 heterocycles. The van der Waals surface area contributed by atoms with Crippen molar-refractivity contribution in [1.82, 2.24) is 10.3 Å². The van der Waals surface area contributed by atoms with Gasteiger partial charge in [-0.3, -0.25) is 10.1 Å². The van der Waals surface area contributed by atoms with E-state index < -0.39 is 5.91 Å².